The fourth-order valence-electron chi connectivity index (χ4n) is 3.19. The van der Waals surface area contributed by atoms with E-state index in [1.807, 2.05) is 0 Å². The van der Waals surface area contributed by atoms with Crippen molar-refractivity contribution in [2.24, 2.45) is 0 Å². The molecule has 2 aromatic carbocycles. The van der Waals surface area contributed by atoms with Crippen molar-refractivity contribution < 1.29 is 32.6 Å². The Kier molecular flexibility index (Phi) is 6.32. The number of thiophene rings is 1. The summed E-state index contributed by atoms with van der Waals surface area (Å²) >= 11 is 4.15. The average Bonchev–Trinajstić information content (AvgIpc) is 3.17. The number of ether oxygens (including phenoxy) is 2. The van der Waals surface area contributed by atoms with Gasteiger partial charge in [-0.2, -0.15) is 0 Å². The first kappa shape index (κ1) is 23.1. The number of carbonyl (C=O) groups excluding carboxylic acids is 1. The molecule has 0 atom stereocenters. The average molecular weight is 553 g/mol. The molecule has 0 bridgehead atoms. The SMILES string of the molecule is Cc1c(S(=O)(=O)Nc2ccc3c(c2)OCCO3)csc1C(=O)Nc1ccc(Br)cc1C(=O)O. The van der Waals surface area contributed by atoms with Gasteiger partial charge in [0.05, 0.1) is 21.8 Å². The van der Waals surface area contributed by atoms with E-state index in [4.69, 9.17) is 9.47 Å². The van der Waals surface area contributed by atoms with E-state index in [0.717, 1.165) is 11.3 Å². The van der Waals surface area contributed by atoms with Crippen molar-refractivity contribution in [3.63, 3.8) is 0 Å². The van der Waals surface area contributed by atoms with Crippen LogP contribution in [0.1, 0.15) is 25.6 Å². The molecule has 0 fully saturated rings. The predicted molar refractivity (Wildman–Crippen MR) is 126 cm³/mol. The van der Waals surface area contributed by atoms with Crippen LogP contribution < -0.4 is 19.5 Å². The summed E-state index contributed by atoms with van der Waals surface area (Å²) in [6, 6.07) is 9.12. The summed E-state index contributed by atoms with van der Waals surface area (Å²) in [6.45, 7) is 2.31. The summed E-state index contributed by atoms with van der Waals surface area (Å²) in [7, 11) is -4.00. The first-order valence-corrected chi connectivity index (χ1v) is 12.7. The number of carboxylic acids is 1. The highest BCUT2D eigenvalue weighted by Crippen LogP contribution is 2.34. The maximum absolute atomic E-state index is 13.0. The van der Waals surface area contributed by atoms with Gasteiger partial charge in [-0.15, -0.1) is 11.3 Å². The standard InChI is InChI=1S/C21H17BrN2O7S2/c1-11-18(33(28,29)24-13-3-5-16-17(9-13)31-7-6-30-16)10-32-19(11)20(25)23-15-4-2-12(22)8-14(15)21(26)27/h2-5,8-10,24H,6-7H2,1H3,(H,23,25)(H,26,27). The van der Waals surface area contributed by atoms with Crippen LogP contribution in [0.15, 0.2) is 51.1 Å². The number of rotatable bonds is 6. The van der Waals surface area contributed by atoms with E-state index in [-0.39, 0.29) is 32.3 Å². The molecule has 9 nitrogen and oxygen atoms in total. The molecular formula is C21H17BrN2O7S2. The number of benzene rings is 2. The van der Waals surface area contributed by atoms with Crippen LogP contribution in [0.3, 0.4) is 0 Å². The van der Waals surface area contributed by atoms with E-state index < -0.39 is 21.9 Å². The highest BCUT2D eigenvalue weighted by atomic mass is 79.9. The molecule has 1 amide bonds. The fourth-order valence-corrected chi connectivity index (χ4v) is 6.16. The molecule has 0 spiro atoms. The number of anilines is 2. The Morgan fingerprint density at radius 2 is 1.82 bits per heavy atom. The van der Waals surface area contributed by atoms with Gasteiger partial charge in [-0.1, -0.05) is 15.9 Å². The van der Waals surface area contributed by atoms with E-state index in [9.17, 15) is 23.1 Å². The molecule has 3 aromatic rings. The van der Waals surface area contributed by atoms with Gasteiger partial charge in [0.1, 0.15) is 18.1 Å². The Labute approximate surface area is 201 Å². The van der Waals surface area contributed by atoms with Crippen molar-refractivity contribution in [2.45, 2.75) is 11.8 Å². The van der Waals surface area contributed by atoms with Crippen LogP contribution in [-0.4, -0.2) is 38.6 Å². The van der Waals surface area contributed by atoms with Gasteiger partial charge >= 0.3 is 5.97 Å². The Bertz CT molecular complexity index is 1370. The molecule has 0 unspecified atom stereocenters. The van der Waals surface area contributed by atoms with Gasteiger partial charge in [-0.3, -0.25) is 9.52 Å². The van der Waals surface area contributed by atoms with Crippen molar-refractivity contribution in [3.8, 4) is 11.5 Å². The molecule has 0 saturated heterocycles. The first-order valence-electron chi connectivity index (χ1n) is 9.50. The minimum Gasteiger partial charge on any atom is -0.486 e. The van der Waals surface area contributed by atoms with Crippen molar-refractivity contribution in [3.05, 3.63) is 62.3 Å². The summed E-state index contributed by atoms with van der Waals surface area (Å²) in [5.74, 6) is -0.847. The third-order valence-electron chi connectivity index (χ3n) is 4.74. The van der Waals surface area contributed by atoms with Gasteiger partial charge in [0, 0.05) is 15.9 Å². The largest absolute Gasteiger partial charge is 0.486 e. The third-order valence-corrected chi connectivity index (χ3v) is 7.98. The van der Waals surface area contributed by atoms with Crippen molar-refractivity contribution >= 4 is 60.5 Å². The number of aromatic carboxylic acids is 1. The number of amides is 1. The lowest BCUT2D eigenvalue weighted by atomic mass is 10.1. The topological polar surface area (TPSA) is 131 Å². The van der Waals surface area contributed by atoms with Crippen molar-refractivity contribution in [1.29, 1.82) is 0 Å². The van der Waals surface area contributed by atoms with Crippen LogP contribution >= 0.6 is 27.3 Å². The minimum absolute atomic E-state index is 0.0539. The first-order chi connectivity index (χ1) is 15.7. The molecule has 0 radical (unpaired) electrons. The van der Waals surface area contributed by atoms with Crippen LogP contribution in [0, 0.1) is 6.92 Å². The molecule has 172 valence electrons. The molecule has 1 aliphatic rings. The number of halogens is 1. The second kappa shape index (κ2) is 9.04. The lowest BCUT2D eigenvalue weighted by Crippen LogP contribution is -2.17. The van der Waals surface area contributed by atoms with Crippen molar-refractivity contribution in [1.82, 2.24) is 0 Å². The molecule has 12 heteroatoms. The molecule has 0 aliphatic carbocycles. The van der Waals surface area contributed by atoms with E-state index >= 15 is 0 Å². The molecule has 1 aromatic heterocycles. The van der Waals surface area contributed by atoms with Gasteiger partial charge in [-0.05, 0) is 42.8 Å². The number of fused-ring (bicyclic) bond motifs is 1. The lowest BCUT2D eigenvalue weighted by molar-refractivity contribution is 0.0698. The number of hydrogen-bond acceptors (Lipinski definition) is 7. The number of carbonyl (C=O) groups is 2. The second-order valence-electron chi connectivity index (χ2n) is 6.97. The van der Waals surface area contributed by atoms with Gasteiger partial charge in [0.2, 0.25) is 0 Å². The predicted octanol–water partition coefficient (Wildman–Crippen LogP) is 4.34. The zero-order valence-corrected chi connectivity index (χ0v) is 20.3. The third kappa shape index (κ3) is 4.82. The van der Waals surface area contributed by atoms with Gasteiger partial charge in [-0.25, -0.2) is 13.2 Å². The summed E-state index contributed by atoms with van der Waals surface area (Å²) in [5, 5.41) is 13.3. The molecule has 2 heterocycles. The monoisotopic (exact) mass is 552 g/mol. The van der Waals surface area contributed by atoms with E-state index in [1.54, 1.807) is 18.2 Å². The number of sulfonamides is 1. The van der Waals surface area contributed by atoms with Crippen LogP contribution in [0.5, 0.6) is 11.5 Å². The van der Waals surface area contributed by atoms with Gasteiger partial charge in [0.15, 0.2) is 11.5 Å². The highest BCUT2D eigenvalue weighted by Gasteiger charge is 2.25. The minimum atomic E-state index is -4.00. The van der Waals surface area contributed by atoms with Gasteiger partial charge in [0.25, 0.3) is 15.9 Å². The summed E-state index contributed by atoms with van der Waals surface area (Å²) in [6.07, 6.45) is 0. The van der Waals surface area contributed by atoms with Crippen LogP contribution in [-0.2, 0) is 10.0 Å². The molecule has 4 rings (SSSR count). The molecule has 1 aliphatic heterocycles. The second-order valence-corrected chi connectivity index (χ2v) is 10.4. The van der Waals surface area contributed by atoms with E-state index in [0.29, 0.717) is 29.2 Å². The summed E-state index contributed by atoms with van der Waals surface area (Å²) < 4.78 is 39.9. The Morgan fingerprint density at radius 1 is 1.09 bits per heavy atom. The smallest absolute Gasteiger partial charge is 0.337 e. The molecular weight excluding hydrogens is 536 g/mol. The quantitative estimate of drug-likeness (QED) is 0.414. The van der Waals surface area contributed by atoms with E-state index in [1.165, 1.54) is 30.5 Å². The highest BCUT2D eigenvalue weighted by molar-refractivity contribution is 9.10. The maximum Gasteiger partial charge on any atom is 0.337 e. The Morgan fingerprint density at radius 3 is 2.55 bits per heavy atom. The fraction of sp³-hybridized carbons (Fsp3) is 0.143. The number of nitrogens with one attached hydrogen (secondary N) is 2. The normalized spacial score (nSPS) is 12.8. The maximum atomic E-state index is 13.0. The Hall–Kier alpha value is -3.09. The van der Waals surface area contributed by atoms with Crippen LogP contribution in [0.25, 0.3) is 0 Å². The Balaban J connectivity index is 1.57. The van der Waals surface area contributed by atoms with E-state index in [2.05, 4.69) is 26.0 Å². The van der Waals surface area contributed by atoms with Crippen molar-refractivity contribution in [2.75, 3.05) is 23.3 Å². The summed E-state index contributed by atoms with van der Waals surface area (Å²) in [4.78, 5) is 24.4. The summed E-state index contributed by atoms with van der Waals surface area (Å²) in [5.41, 5.74) is 0.538. The number of carboxylic acid groups (broad SMARTS) is 1. The molecule has 33 heavy (non-hydrogen) atoms. The van der Waals surface area contributed by atoms with Crippen LogP contribution in [0.4, 0.5) is 11.4 Å². The zero-order valence-electron chi connectivity index (χ0n) is 17.0. The molecule has 0 saturated carbocycles. The lowest BCUT2D eigenvalue weighted by Gasteiger charge is -2.19. The zero-order chi connectivity index (χ0) is 23.8. The number of hydrogen-bond donors (Lipinski definition) is 3. The van der Waals surface area contributed by atoms with Crippen LogP contribution in [0.2, 0.25) is 0 Å². The molecule has 3 N–H and O–H groups in total. The van der Waals surface area contributed by atoms with Gasteiger partial charge < -0.3 is 19.9 Å².